The second-order valence-electron chi connectivity index (χ2n) is 2.73. The van der Waals surface area contributed by atoms with E-state index in [1.165, 1.54) is 0 Å². The van der Waals surface area contributed by atoms with Crippen molar-refractivity contribution in [1.29, 1.82) is 0 Å². The Morgan fingerprint density at radius 3 is 2.00 bits per heavy atom. The van der Waals surface area contributed by atoms with Gasteiger partial charge in [0.2, 0.25) is 0 Å². The molecule has 2 N–H and O–H groups in total. The Morgan fingerprint density at radius 1 is 1.45 bits per heavy atom. The van der Waals surface area contributed by atoms with Crippen LogP contribution in [0.25, 0.3) is 0 Å². The summed E-state index contributed by atoms with van der Waals surface area (Å²) in [5, 5.41) is 17.3. The van der Waals surface area contributed by atoms with Gasteiger partial charge in [-0.1, -0.05) is 13.8 Å². The molecule has 0 aliphatic carbocycles. The highest BCUT2D eigenvalue weighted by molar-refractivity contribution is 7.99. The van der Waals surface area contributed by atoms with E-state index in [1.807, 2.05) is 0 Å². The van der Waals surface area contributed by atoms with Crippen LogP contribution in [0.5, 0.6) is 0 Å². The molecule has 0 aromatic heterocycles. The zero-order valence-electron chi connectivity index (χ0n) is 6.94. The van der Waals surface area contributed by atoms with Gasteiger partial charge in [0.05, 0.1) is 6.10 Å². The Kier molecular flexibility index (Phi) is 4.52. The molecule has 0 fully saturated rings. The summed E-state index contributed by atoms with van der Waals surface area (Å²) < 4.78 is 0. The lowest BCUT2D eigenvalue weighted by Crippen LogP contribution is -2.34. The molecule has 0 rings (SSSR count). The largest absolute Gasteiger partial charge is 0.480 e. The molecule has 0 saturated heterocycles. The third-order valence-corrected chi connectivity index (χ3v) is 2.48. The van der Waals surface area contributed by atoms with Crippen molar-refractivity contribution < 1.29 is 15.0 Å². The predicted octanol–water partition coefficient (Wildman–Crippen LogP) is 0.820. The normalized spacial score (nSPS) is 16.5. The number of hydrogen-bond acceptors (Lipinski definition) is 3. The summed E-state index contributed by atoms with van der Waals surface area (Å²) in [5.41, 5.74) is 0. The molecule has 2 atom stereocenters. The number of carboxylic acids is 1. The van der Waals surface area contributed by atoms with Gasteiger partial charge in [0, 0.05) is 0 Å². The minimum atomic E-state index is -0.946. The van der Waals surface area contributed by atoms with Gasteiger partial charge in [-0.2, -0.15) is 0 Å². The van der Waals surface area contributed by atoms with Crippen molar-refractivity contribution >= 4 is 17.7 Å². The minimum absolute atomic E-state index is 0.0106. The van der Waals surface area contributed by atoms with Crippen molar-refractivity contribution in [3.8, 4) is 0 Å². The maximum absolute atomic E-state index is 10.5. The van der Waals surface area contributed by atoms with E-state index in [9.17, 15) is 9.90 Å². The summed E-state index contributed by atoms with van der Waals surface area (Å²) in [7, 11) is 0. The van der Waals surface area contributed by atoms with Gasteiger partial charge in [0.1, 0.15) is 5.25 Å². The molecule has 0 saturated carbocycles. The van der Waals surface area contributed by atoms with Crippen LogP contribution in [0.15, 0.2) is 0 Å². The number of carboxylic acid groups (broad SMARTS) is 1. The van der Waals surface area contributed by atoms with Gasteiger partial charge in [0.15, 0.2) is 0 Å². The molecule has 0 aromatic rings. The fourth-order valence-corrected chi connectivity index (χ4v) is 1.53. The maximum Gasteiger partial charge on any atom is 0.319 e. The van der Waals surface area contributed by atoms with E-state index in [1.54, 1.807) is 20.1 Å². The fraction of sp³-hybridized carbons (Fsp3) is 0.857. The maximum atomic E-state index is 10.5. The summed E-state index contributed by atoms with van der Waals surface area (Å²) in [6.45, 7) is 3.60. The van der Waals surface area contributed by atoms with Crippen molar-refractivity contribution in [3.63, 3.8) is 0 Å². The second kappa shape index (κ2) is 4.62. The molecule has 3 nitrogen and oxygen atoms in total. The summed E-state index contributed by atoms with van der Waals surface area (Å²) in [6.07, 6.45) is 0.923. The van der Waals surface area contributed by atoms with Crippen molar-refractivity contribution in [1.82, 2.24) is 0 Å². The molecule has 0 heterocycles. The van der Waals surface area contributed by atoms with E-state index in [0.29, 0.717) is 0 Å². The van der Waals surface area contributed by atoms with Crippen LogP contribution >= 0.6 is 11.8 Å². The standard InChI is InChI=1S/C7H14O3S/c1-4(2)5(8)6(11-3)7(9)10/h4-6,8H,1-3H3,(H,9,10)/t5-,6+/m0/s1. The minimum Gasteiger partial charge on any atom is -0.480 e. The van der Waals surface area contributed by atoms with Crippen LogP contribution < -0.4 is 0 Å². The summed E-state index contributed by atoms with van der Waals surface area (Å²) >= 11 is 1.16. The van der Waals surface area contributed by atoms with Crippen LogP contribution in [0.1, 0.15) is 13.8 Å². The SMILES string of the molecule is CS[C@@H](C(=O)O)[C@@H](O)C(C)C. The van der Waals surface area contributed by atoms with E-state index < -0.39 is 17.3 Å². The molecule has 0 unspecified atom stereocenters. The highest BCUT2D eigenvalue weighted by Gasteiger charge is 2.27. The van der Waals surface area contributed by atoms with Gasteiger partial charge < -0.3 is 10.2 Å². The Balaban J connectivity index is 4.14. The number of aliphatic hydroxyl groups excluding tert-OH is 1. The Morgan fingerprint density at radius 2 is 1.91 bits per heavy atom. The Labute approximate surface area is 70.8 Å². The van der Waals surface area contributed by atoms with Crippen LogP contribution in [0.4, 0.5) is 0 Å². The van der Waals surface area contributed by atoms with Crippen molar-refractivity contribution in [2.24, 2.45) is 5.92 Å². The van der Waals surface area contributed by atoms with E-state index in [2.05, 4.69) is 0 Å². The quantitative estimate of drug-likeness (QED) is 0.669. The number of rotatable bonds is 4. The average Bonchev–Trinajstić information content (AvgIpc) is 1.88. The predicted molar refractivity (Wildman–Crippen MR) is 45.8 cm³/mol. The smallest absolute Gasteiger partial charge is 0.319 e. The lowest BCUT2D eigenvalue weighted by molar-refractivity contribution is -0.138. The van der Waals surface area contributed by atoms with Gasteiger partial charge in [-0.05, 0) is 12.2 Å². The first kappa shape index (κ1) is 10.8. The van der Waals surface area contributed by atoms with Crippen LogP contribution in [0.2, 0.25) is 0 Å². The molecule has 66 valence electrons. The highest BCUT2D eigenvalue weighted by atomic mass is 32.2. The van der Waals surface area contributed by atoms with Gasteiger partial charge in [-0.25, -0.2) is 0 Å². The molecule has 0 aromatic carbocycles. The monoisotopic (exact) mass is 178 g/mol. The lowest BCUT2D eigenvalue weighted by Gasteiger charge is -2.19. The lowest BCUT2D eigenvalue weighted by atomic mass is 10.0. The molecule has 0 spiro atoms. The van der Waals surface area contributed by atoms with Crippen LogP contribution in [-0.4, -0.2) is 33.8 Å². The first-order valence-corrected chi connectivity index (χ1v) is 4.73. The first-order chi connectivity index (χ1) is 5.00. The third-order valence-electron chi connectivity index (χ3n) is 1.49. The highest BCUT2D eigenvalue weighted by Crippen LogP contribution is 2.17. The number of aliphatic hydroxyl groups is 1. The molecule has 0 bridgehead atoms. The average molecular weight is 178 g/mol. The van der Waals surface area contributed by atoms with Crippen molar-refractivity contribution in [2.75, 3.05) is 6.26 Å². The Hall–Kier alpha value is -0.220. The summed E-state index contributed by atoms with van der Waals surface area (Å²) in [5.74, 6) is -0.956. The number of thioether (sulfide) groups is 1. The zero-order chi connectivity index (χ0) is 9.02. The first-order valence-electron chi connectivity index (χ1n) is 3.44. The van der Waals surface area contributed by atoms with Gasteiger partial charge >= 0.3 is 5.97 Å². The van der Waals surface area contributed by atoms with Crippen LogP contribution in [-0.2, 0) is 4.79 Å². The summed E-state index contributed by atoms with van der Waals surface area (Å²) in [6, 6.07) is 0. The van der Waals surface area contributed by atoms with Gasteiger partial charge in [0.25, 0.3) is 0 Å². The molecular weight excluding hydrogens is 164 g/mol. The van der Waals surface area contributed by atoms with Gasteiger partial charge in [-0.3, -0.25) is 4.79 Å². The number of aliphatic carboxylic acids is 1. The molecule has 0 radical (unpaired) electrons. The fourth-order valence-electron chi connectivity index (χ4n) is 0.736. The molecule has 11 heavy (non-hydrogen) atoms. The van der Waals surface area contributed by atoms with E-state index in [0.717, 1.165) is 11.8 Å². The van der Waals surface area contributed by atoms with Crippen LogP contribution in [0, 0.1) is 5.92 Å². The number of hydrogen-bond donors (Lipinski definition) is 2. The van der Waals surface area contributed by atoms with E-state index >= 15 is 0 Å². The molecular formula is C7H14O3S. The van der Waals surface area contributed by atoms with E-state index in [4.69, 9.17) is 5.11 Å². The molecule has 0 aliphatic rings. The Bertz CT molecular complexity index is 136. The number of carbonyl (C=O) groups is 1. The van der Waals surface area contributed by atoms with Crippen molar-refractivity contribution in [3.05, 3.63) is 0 Å². The topological polar surface area (TPSA) is 57.5 Å². The van der Waals surface area contributed by atoms with Crippen LogP contribution in [0.3, 0.4) is 0 Å². The molecule has 0 amide bonds. The van der Waals surface area contributed by atoms with Gasteiger partial charge in [-0.15, -0.1) is 11.8 Å². The second-order valence-corrected chi connectivity index (χ2v) is 3.71. The van der Waals surface area contributed by atoms with E-state index in [-0.39, 0.29) is 5.92 Å². The summed E-state index contributed by atoms with van der Waals surface area (Å²) in [4.78, 5) is 10.5. The zero-order valence-corrected chi connectivity index (χ0v) is 7.76. The van der Waals surface area contributed by atoms with Crippen molar-refractivity contribution in [2.45, 2.75) is 25.2 Å². The molecule has 0 aliphatic heterocycles. The third kappa shape index (κ3) is 3.12. The molecule has 4 heteroatoms.